The number of nitrogens with one attached hydrogen (secondary N) is 1. The van der Waals surface area contributed by atoms with Crippen molar-refractivity contribution < 1.29 is 22.7 Å². The van der Waals surface area contributed by atoms with Gasteiger partial charge < -0.3 is 14.8 Å². The van der Waals surface area contributed by atoms with Gasteiger partial charge >= 0.3 is 0 Å². The van der Waals surface area contributed by atoms with E-state index in [1.807, 2.05) is 71.0 Å². The van der Waals surface area contributed by atoms with Crippen molar-refractivity contribution in [3.05, 3.63) is 88.5 Å². The Morgan fingerprint density at radius 2 is 1.57 bits per heavy atom. The number of aryl methyl sites for hydroxylation is 2. The van der Waals surface area contributed by atoms with Gasteiger partial charge in [-0.1, -0.05) is 30.3 Å². The summed E-state index contributed by atoms with van der Waals surface area (Å²) in [5.41, 5.74) is 4.68. The lowest BCUT2D eigenvalue weighted by molar-refractivity contribution is 0.0939. The number of carbonyl (C=O) groups excluding carboxylic acids is 1. The molecule has 0 fully saturated rings. The molecule has 1 amide bonds. The Hall–Kier alpha value is -3.52. The van der Waals surface area contributed by atoms with Gasteiger partial charge in [0, 0.05) is 5.56 Å². The molecule has 0 radical (unpaired) electrons. The minimum absolute atomic E-state index is 0.174. The highest BCUT2D eigenvalue weighted by molar-refractivity contribution is 7.92. The van der Waals surface area contributed by atoms with E-state index in [4.69, 9.17) is 9.47 Å². The first-order valence-corrected chi connectivity index (χ1v) is 14.2. The summed E-state index contributed by atoms with van der Waals surface area (Å²) in [6, 6.07) is 18.1. The Labute approximate surface area is 220 Å². The molecule has 1 atom stereocenters. The van der Waals surface area contributed by atoms with E-state index in [-0.39, 0.29) is 18.5 Å². The molecule has 0 aliphatic heterocycles. The molecule has 7 nitrogen and oxygen atoms in total. The maximum Gasteiger partial charge on any atom is 0.251 e. The fourth-order valence-corrected chi connectivity index (χ4v) is 4.93. The van der Waals surface area contributed by atoms with Crippen LogP contribution in [0.2, 0.25) is 0 Å². The van der Waals surface area contributed by atoms with Gasteiger partial charge in [-0.3, -0.25) is 9.10 Å². The minimum Gasteiger partial charge on any atom is -0.490 e. The molecule has 0 saturated heterocycles. The van der Waals surface area contributed by atoms with Crippen molar-refractivity contribution in [2.24, 2.45) is 0 Å². The third-order valence-corrected chi connectivity index (χ3v) is 7.12. The number of sulfonamides is 1. The van der Waals surface area contributed by atoms with E-state index < -0.39 is 10.0 Å². The van der Waals surface area contributed by atoms with Gasteiger partial charge in [0.2, 0.25) is 10.0 Å². The van der Waals surface area contributed by atoms with E-state index in [0.717, 1.165) is 22.3 Å². The predicted octanol–water partition coefficient (Wildman–Crippen LogP) is 5.56. The zero-order valence-corrected chi connectivity index (χ0v) is 23.2. The van der Waals surface area contributed by atoms with Crippen molar-refractivity contribution in [3.8, 4) is 11.5 Å². The first-order chi connectivity index (χ1) is 17.5. The van der Waals surface area contributed by atoms with E-state index in [0.29, 0.717) is 36.0 Å². The summed E-state index contributed by atoms with van der Waals surface area (Å²) in [6.07, 6.45) is 1.20. The number of nitrogens with zero attached hydrogens (tertiary/aromatic N) is 1. The van der Waals surface area contributed by atoms with Gasteiger partial charge in [0.25, 0.3) is 5.91 Å². The van der Waals surface area contributed by atoms with Gasteiger partial charge in [-0.25, -0.2) is 8.42 Å². The zero-order chi connectivity index (χ0) is 27.2. The maximum absolute atomic E-state index is 12.9. The van der Waals surface area contributed by atoms with Gasteiger partial charge in [-0.05, 0) is 87.2 Å². The minimum atomic E-state index is -3.51. The Bertz CT molecular complexity index is 1340. The Morgan fingerprint density at radius 3 is 2.19 bits per heavy atom. The summed E-state index contributed by atoms with van der Waals surface area (Å²) in [4.78, 5) is 12.9. The van der Waals surface area contributed by atoms with Crippen LogP contribution in [0.5, 0.6) is 11.5 Å². The fraction of sp³-hybridized carbons (Fsp3) is 0.345. The SMILES string of the molecule is CCOc1ccc(C(C)NC(=O)c2ccc(CN(c3cc(C)ccc3C)S(C)(=O)=O)cc2)cc1OCC. The molecular weight excluding hydrogens is 488 g/mol. The quantitative estimate of drug-likeness (QED) is 0.355. The number of rotatable bonds is 11. The van der Waals surface area contributed by atoms with Crippen LogP contribution >= 0.6 is 0 Å². The smallest absolute Gasteiger partial charge is 0.251 e. The summed E-state index contributed by atoms with van der Waals surface area (Å²) >= 11 is 0. The van der Waals surface area contributed by atoms with Crippen LogP contribution < -0.4 is 19.1 Å². The standard InChI is InChI=1S/C29H36N2O5S/c1-7-35-27-16-15-25(18-28(27)36-8-2)22(5)30-29(32)24-13-11-23(12-14-24)19-31(37(6,33)34)26-17-20(3)9-10-21(26)4/h9-18,22H,7-8,19H2,1-6H3,(H,30,32). The number of amides is 1. The highest BCUT2D eigenvalue weighted by atomic mass is 32.2. The number of anilines is 1. The van der Waals surface area contributed by atoms with Gasteiger partial charge in [0.1, 0.15) is 0 Å². The predicted molar refractivity (Wildman–Crippen MR) is 148 cm³/mol. The fourth-order valence-electron chi connectivity index (χ4n) is 4.00. The first kappa shape index (κ1) is 28.1. The average molecular weight is 525 g/mol. The lowest BCUT2D eigenvalue weighted by Gasteiger charge is -2.25. The second-order valence-electron chi connectivity index (χ2n) is 9.02. The molecular formula is C29H36N2O5S. The third kappa shape index (κ3) is 7.26. The van der Waals surface area contributed by atoms with Crippen LogP contribution in [0.4, 0.5) is 5.69 Å². The largest absolute Gasteiger partial charge is 0.490 e. The van der Waals surface area contributed by atoms with Crippen molar-refractivity contribution in [3.63, 3.8) is 0 Å². The molecule has 1 unspecified atom stereocenters. The third-order valence-electron chi connectivity index (χ3n) is 5.99. The van der Waals surface area contributed by atoms with Crippen LogP contribution in [-0.2, 0) is 16.6 Å². The zero-order valence-electron chi connectivity index (χ0n) is 22.4. The van der Waals surface area contributed by atoms with Crippen molar-refractivity contribution >= 4 is 21.6 Å². The molecule has 0 aliphatic carbocycles. The summed E-state index contributed by atoms with van der Waals surface area (Å²) in [6.45, 7) is 10.8. The number of hydrogen-bond donors (Lipinski definition) is 1. The monoisotopic (exact) mass is 524 g/mol. The molecule has 0 aliphatic rings. The van der Waals surface area contributed by atoms with Crippen LogP contribution in [0.25, 0.3) is 0 Å². The molecule has 3 rings (SSSR count). The van der Waals surface area contributed by atoms with Crippen LogP contribution in [0.1, 0.15) is 59.4 Å². The first-order valence-electron chi connectivity index (χ1n) is 12.4. The van der Waals surface area contributed by atoms with E-state index in [1.54, 1.807) is 24.3 Å². The van der Waals surface area contributed by atoms with E-state index in [9.17, 15) is 13.2 Å². The molecule has 0 heterocycles. The van der Waals surface area contributed by atoms with Crippen molar-refractivity contribution in [2.45, 2.75) is 47.2 Å². The van der Waals surface area contributed by atoms with Crippen molar-refractivity contribution in [2.75, 3.05) is 23.8 Å². The van der Waals surface area contributed by atoms with E-state index in [1.165, 1.54) is 10.6 Å². The van der Waals surface area contributed by atoms with Gasteiger partial charge in [-0.15, -0.1) is 0 Å². The summed E-state index contributed by atoms with van der Waals surface area (Å²) in [7, 11) is -3.51. The van der Waals surface area contributed by atoms with Crippen molar-refractivity contribution in [1.29, 1.82) is 0 Å². The molecule has 0 saturated carbocycles. The lowest BCUT2D eigenvalue weighted by atomic mass is 10.1. The average Bonchev–Trinajstić information content (AvgIpc) is 2.85. The van der Waals surface area contributed by atoms with Crippen LogP contribution in [0.15, 0.2) is 60.7 Å². The summed E-state index contributed by atoms with van der Waals surface area (Å²) in [5.74, 6) is 1.10. The number of ether oxygens (including phenoxy) is 2. The van der Waals surface area contributed by atoms with Gasteiger partial charge in [-0.2, -0.15) is 0 Å². The summed E-state index contributed by atoms with van der Waals surface area (Å²) < 4.78 is 37.9. The molecule has 37 heavy (non-hydrogen) atoms. The highest BCUT2D eigenvalue weighted by Crippen LogP contribution is 2.31. The second-order valence-corrected chi connectivity index (χ2v) is 10.9. The van der Waals surface area contributed by atoms with Gasteiger partial charge in [0.15, 0.2) is 11.5 Å². The molecule has 8 heteroatoms. The molecule has 0 aromatic heterocycles. The number of hydrogen-bond acceptors (Lipinski definition) is 5. The lowest BCUT2D eigenvalue weighted by Crippen LogP contribution is -2.30. The molecule has 1 N–H and O–H groups in total. The van der Waals surface area contributed by atoms with E-state index in [2.05, 4.69) is 5.32 Å². The molecule has 198 valence electrons. The molecule has 3 aromatic carbocycles. The van der Waals surface area contributed by atoms with Crippen LogP contribution in [0, 0.1) is 13.8 Å². The topological polar surface area (TPSA) is 84.9 Å². The van der Waals surface area contributed by atoms with E-state index >= 15 is 0 Å². The molecule has 0 spiro atoms. The second kappa shape index (κ2) is 12.1. The Balaban J connectivity index is 1.74. The highest BCUT2D eigenvalue weighted by Gasteiger charge is 2.20. The number of carbonyl (C=O) groups is 1. The summed E-state index contributed by atoms with van der Waals surface area (Å²) in [5, 5.41) is 3.02. The van der Waals surface area contributed by atoms with Gasteiger partial charge in [0.05, 0.1) is 37.7 Å². The molecule has 0 bridgehead atoms. The number of benzene rings is 3. The van der Waals surface area contributed by atoms with Crippen molar-refractivity contribution in [1.82, 2.24) is 5.32 Å². The Kier molecular flexibility index (Phi) is 9.21. The van der Waals surface area contributed by atoms with Crippen LogP contribution in [0.3, 0.4) is 0 Å². The Morgan fingerprint density at radius 1 is 0.919 bits per heavy atom. The normalized spacial score (nSPS) is 12.1. The van der Waals surface area contributed by atoms with Crippen LogP contribution in [-0.4, -0.2) is 33.8 Å². The molecule has 3 aromatic rings. The maximum atomic E-state index is 12.9.